The van der Waals surface area contributed by atoms with Crippen LogP contribution in [0.25, 0.3) is 11.2 Å². The van der Waals surface area contributed by atoms with Crippen molar-refractivity contribution < 1.29 is 0 Å². The monoisotopic (exact) mass is 216 g/mol. The molecule has 1 N–H and O–H groups in total. The van der Waals surface area contributed by atoms with Crippen molar-refractivity contribution in [3.8, 4) is 0 Å². The first-order valence-corrected chi connectivity index (χ1v) is 5.35. The molecule has 0 spiro atoms. The fourth-order valence-corrected chi connectivity index (χ4v) is 2.29. The molecule has 5 heteroatoms. The van der Waals surface area contributed by atoms with Crippen molar-refractivity contribution >= 4 is 11.2 Å². The first-order valence-electron chi connectivity index (χ1n) is 5.35. The van der Waals surface area contributed by atoms with E-state index in [1.165, 1.54) is 6.33 Å². The lowest BCUT2D eigenvalue weighted by Crippen LogP contribution is -2.24. The quantitative estimate of drug-likeness (QED) is 0.733. The molecule has 1 saturated carbocycles. The fourth-order valence-electron chi connectivity index (χ4n) is 2.29. The summed E-state index contributed by atoms with van der Waals surface area (Å²) in [5.74, 6) is 0. The molecule has 1 atom stereocenters. The minimum Gasteiger partial charge on any atom is -0.339 e. The SMILES string of the molecule is C=C1CCCC1n1cnc2nc[nH]c2c1=O. The topological polar surface area (TPSA) is 63.6 Å². The number of fused-ring (bicyclic) bond motifs is 1. The number of hydrogen-bond donors (Lipinski definition) is 1. The van der Waals surface area contributed by atoms with Crippen LogP contribution in [0.5, 0.6) is 0 Å². The Bertz CT molecular complexity index is 610. The van der Waals surface area contributed by atoms with Gasteiger partial charge >= 0.3 is 0 Å². The molecular weight excluding hydrogens is 204 g/mol. The van der Waals surface area contributed by atoms with Crippen LogP contribution in [-0.2, 0) is 0 Å². The van der Waals surface area contributed by atoms with Gasteiger partial charge in [-0.1, -0.05) is 12.2 Å². The second kappa shape index (κ2) is 3.30. The van der Waals surface area contributed by atoms with Gasteiger partial charge in [0.05, 0.1) is 12.4 Å². The van der Waals surface area contributed by atoms with Gasteiger partial charge in [-0.05, 0) is 19.3 Å². The van der Waals surface area contributed by atoms with E-state index in [1.807, 2.05) is 0 Å². The highest BCUT2D eigenvalue weighted by molar-refractivity contribution is 5.67. The Balaban J connectivity index is 2.20. The largest absolute Gasteiger partial charge is 0.339 e. The molecule has 5 nitrogen and oxygen atoms in total. The summed E-state index contributed by atoms with van der Waals surface area (Å²) in [4.78, 5) is 23.1. The Morgan fingerprint density at radius 2 is 2.38 bits per heavy atom. The number of aromatic nitrogens is 4. The molecule has 0 aromatic carbocycles. The van der Waals surface area contributed by atoms with E-state index in [1.54, 1.807) is 10.9 Å². The average molecular weight is 216 g/mol. The molecule has 3 rings (SSSR count). The molecule has 1 fully saturated rings. The van der Waals surface area contributed by atoms with Crippen molar-refractivity contribution in [1.82, 2.24) is 19.5 Å². The number of aromatic amines is 1. The van der Waals surface area contributed by atoms with Gasteiger partial charge in [-0.2, -0.15) is 0 Å². The summed E-state index contributed by atoms with van der Waals surface area (Å²) in [5, 5.41) is 0. The first-order chi connectivity index (χ1) is 7.77. The molecule has 2 aromatic heterocycles. The predicted octanol–water partition coefficient (Wildman–Crippen LogP) is 1.40. The van der Waals surface area contributed by atoms with Crippen LogP contribution in [0.2, 0.25) is 0 Å². The zero-order chi connectivity index (χ0) is 11.1. The van der Waals surface area contributed by atoms with E-state index in [0.717, 1.165) is 24.8 Å². The zero-order valence-corrected chi connectivity index (χ0v) is 8.81. The molecule has 1 aliphatic carbocycles. The maximum atomic E-state index is 12.1. The molecule has 0 bridgehead atoms. The number of nitrogens with zero attached hydrogens (tertiary/aromatic N) is 3. The Labute approximate surface area is 91.8 Å². The molecule has 0 aliphatic heterocycles. The van der Waals surface area contributed by atoms with Gasteiger partial charge in [0.2, 0.25) is 0 Å². The molecule has 0 radical (unpaired) electrons. The Hall–Kier alpha value is -1.91. The summed E-state index contributed by atoms with van der Waals surface area (Å²) in [7, 11) is 0. The van der Waals surface area contributed by atoms with Crippen molar-refractivity contribution in [2.24, 2.45) is 0 Å². The number of nitrogens with one attached hydrogen (secondary N) is 1. The first kappa shape index (κ1) is 9.33. The summed E-state index contributed by atoms with van der Waals surface area (Å²) in [5.41, 5.74) is 2.00. The van der Waals surface area contributed by atoms with Crippen molar-refractivity contribution in [2.75, 3.05) is 0 Å². The van der Waals surface area contributed by atoms with Gasteiger partial charge in [0.15, 0.2) is 11.2 Å². The van der Waals surface area contributed by atoms with E-state index in [2.05, 4.69) is 21.5 Å². The average Bonchev–Trinajstić information content (AvgIpc) is 2.88. The predicted molar refractivity (Wildman–Crippen MR) is 60.2 cm³/mol. The lowest BCUT2D eigenvalue weighted by molar-refractivity contribution is 0.562. The summed E-state index contributed by atoms with van der Waals surface area (Å²) >= 11 is 0. The number of rotatable bonds is 1. The third kappa shape index (κ3) is 1.21. The van der Waals surface area contributed by atoms with Gasteiger partial charge in [0, 0.05) is 0 Å². The van der Waals surface area contributed by atoms with Crippen LogP contribution in [-0.4, -0.2) is 19.5 Å². The Morgan fingerprint density at radius 1 is 1.50 bits per heavy atom. The third-order valence-corrected chi connectivity index (χ3v) is 3.15. The van der Waals surface area contributed by atoms with E-state index >= 15 is 0 Å². The number of hydrogen-bond acceptors (Lipinski definition) is 3. The highest BCUT2D eigenvalue weighted by atomic mass is 16.1. The lowest BCUT2D eigenvalue weighted by Gasteiger charge is -2.13. The molecule has 1 unspecified atom stereocenters. The zero-order valence-electron chi connectivity index (χ0n) is 8.81. The van der Waals surface area contributed by atoms with Crippen molar-refractivity contribution in [3.63, 3.8) is 0 Å². The summed E-state index contributed by atoms with van der Waals surface area (Å²) in [6.07, 6.45) is 6.13. The number of H-pyrrole nitrogens is 1. The van der Waals surface area contributed by atoms with Gasteiger partial charge in [0.1, 0.15) is 6.33 Å². The summed E-state index contributed by atoms with van der Waals surface area (Å²) in [6, 6.07) is 0.104. The molecular formula is C11H12N4O. The van der Waals surface area contributed by atoms with Crippen LogP contribution in [0.15, 0.2) is 29.6 Å². The van der Waals surface area contributed by atoms with Gasteiger partial charge in [-0.3, -0.25) is 9.36 Å². The minimum absolute atomic E-state index is 0.0597. The van der Waals surface area contributed by atoms with Crippen LogP contribution in [0, 0.1) is 0 Å². The molecule has 2 heterocycles. The van der Waals surface area contributed by atoms with Crippen molar-refractivity contribution in [2.45, 2.75) is 25.3 Å². The Morgan fingerprint density at radius 3 is 3.12 bits per heavy atom. The standard InChI is InChI=1S/C11H12N4O/c1-7-3-2-4-8(7)15-6-14-10-9(11(15)16)12-5-13-10/h5-6,8H,1-4H2,(H,12,13). The van der Waals surface area contributed by atoms with E-state index in [-0.39, 0.29) is 11.6 Å². The van der Waals surface area contributed by atoms with Crippen molar-refractivity contribution in [3.05, 3.63) is 35.2 Å². The van der Waals surface area contributed by atoms with E-state index in [0.29, 0.717) is 11.2 Å². The normalized spacial score (nSPS) is 20.8. The van der Waals surface area contributed by atoms with Crippen LogP contribution < -0.4 is 5.56 Å². The molecule has 82 valence electrons. The maximum absolute atomic E-state index is 12.1. The van der Waals surface area contributed by atoms with Gasteiger partial charge in [0.25, 0.3) is 5.56 Å². The summed E-state index contributed by atoms with van der Waals surface area (Å²) in [6.45, 7) is 4.01. The number of allylic oxidation sites excluding steroid dienone is 1. The van der Waals surface area contributed by atoms with E-state index in [4.69, 9.17) is 0 Å². The molecule has 1 aliphatic rings. The Kier molecular flexibility index (Phi) is 1.92. The number of imidazole rings is 1. The minimum atomic E-state index is -0.0597. The molecule has 0 saturated heterocycles. The molecule has 0 amide bonds. The molecule has 2 aromatic rings. The third-order valence-electron chi connectivity index (χ3n) is 3.15. The molecule has 16 heavy (non-hydrogen) atoms. The fraction of sp³-hybridized carbons (Fsp3) is 0.364. The highest BCUT2D eigenvalue weighted by Crippen LogP contribution is 2.32. The second-order valence-corrected chi connectivity index (χ2v) is 4.12. The van der Waals surface area contributed by atoms with E-state index < -0.39 is 0 Å². The van der Waals surface area contributed by atoms with Gasteiger partial charge < -0.3 is 4.98 Å². The highest BCUT2D eigenvalue weighted by Gasteiger charge is 2.22. The van der Waals surface area contributed by atoms with E-state index in [9.17, 15) is 4.79 Å². The van der Waals surface area contributed by atoms with Gasteiger partial charge in [-0.15, -0.1) is 0 Å². The van der Waals surface area contributed by atoms with Crippen molar-refractivity contribution in [1.29, 1.82) is 0 Å². The maximum Gasteiger partial charge on any atom is 0.279 e. The van der Waals surface area contributed by atoms with Crippen LogP contribution >= 0.6 is 0 Å². The van der Waals surface area contributed by atoms with Crippen LogP contribution in [0.3, 0.4) is 0 Å². The smallest absolute Gasteiger partial charge is 0.279 e. The van der Waals surface area contributed by atoms with Crippen LogP contribution in [0.4, 0.5) is 0 Å². The second-order valence-electron chi connectivity index (χ2n) is 4.12. The van der Waals surface area contributed by atoms with Crippen LogP contribution in [0.1, 0.15) is 25.3 Å². The van der Waals surface area contributed by atoms with Gasteiger partial charge in [-0.25, -0.2) is 9.97 Å². The lowest BCUT2D eigenvalue weighted by atomic mass is 10.2. The summed E-state index contributed by atoms with van der Waals surface area (Å²) < 4.78 is 1.66.